The van der Waals surface area contributed by atoms with Crippen LogP contribution in [0.4, 0.5) is 0 Å². The van der Waals surface area contributed by atoms with Gasteiger partial charge in [-0.2, -0.15) is 0 Å². The second-order valence-corrected chi connectivity index (χ2v) is 2.36. The average molecular weight is 140 g/mol. The number of aromatic nitrogens is 1. The molecule has 1 rings (SSSR count). The molecule has 0 aliphatic carbocycles. The van der Waals surface area contributed by atoms with Crippen molar-refractivity contribution >= 4 is 0 Å². The number of hydrogen-bond acceptors (Lipinski definition) is 2. The Morgan fingerprint density at radius 2 is 2.60 bits per heavy atom. The maximum absolute atomic E-state index is 4.92. The highest BCUT2D eigenvalue weighted by Crippen LogP contribution is 2.10. The fourth-order valence-corrected chi connectivity index (χ4v) is 0.885. The molecule has 1 heterocycles. The number of nitrogens with one attached hydrogen (secondary N) is 1. The number of rotatable bonds is 3. The molecule has 0 saturated carbocycles. The van der Waals surface area contributed by atoms with Gasteiger partial charge in [0.05, 0.1) is 6.61 Å². The molecule has 0 fully saturated rings. The van der Waals surface area contributed by atoms with E-state index in [9.17, 15) is 0 Å². The van der Waals surface area contributed by atoms with Crippen molar-refractivity contribution in [1.29, 1.82) is 0 Å². The van der Waals surface area contributed by atoms with Gasteiger partial charge in [-0.25, -0.2) is 5.90 Å². The van der Waals surface area contributed by atoms with Crippen molar-refractivity contribution in [2.24, 2.45) is 5.90 Å². The lowest BCUT2D eigenvalue weighted by atomic mass is 10.1. The lowest BCUT2D eigenvalue weighted by Crippen LogP contribution is -2.08. The van der Waals surface area contributed by atoms with E-state index in [2.05, 4.69) is 16.7 Å². The number of aromatic amines is 1. The molecule has 0 aliphatic rings. The Kier molecular flexibility index (Phi) is 2.48. The van der Waals surface area contributed by atoms with Gasteiger partial charge < -0.3 is 9.82 Å². The van der Waals surface area contributed by atoms with E-state index in [1.54, 1.807) is 0 Å². The van der Waals surface area contributed by atoms with E-state index < -0.39 is 0 Å². The van der Waals surface area contributed by atoms with E-state index in [-0.39, 0.29) is 0 Å². The zero-order chi connectivity index (χ0) is 7.40. The van der Waals surface area contributed by atoms with E-state index >= 15 is 0 Å². The summed E-state index contributed by atoms with van der Waals surface area (Å²) in [5, 5.41) is 0. The molecular formula is C7H12N2O. The summed E-state index contributed by atoms with van der Waals surface area (Å²) in [6, 6.07) is 3.98. The Morgan fingerprint density at radius 3 is 3.10 bits per heavy atom. The van der Waals surface area contributed by atoms with Crippen LogP contribution in [0.15, 0.2) is 18.3 Å². The first-order valence-corrected chi connectivity index (χ1v) is 3.29. The highest BCUT2D eigenvalue weighted by molar-refractivity contribution is 5.08. The minimum Gasteiger partial charge on any atom is -0.365 e. The van der Waals surface area contributed by atoms with Crippen molar-refractivity contribution in [2.45, 2.75) is 12.8 Å². The molecule has 1 aromatic heterocycles. The molecule has 3 N–H and O–H groups in total. The van der Waals surface area contributed by atoms with Gasteiger partial charge in [0, 0.05) is 17.8 Å². The van der Waals surface area contributed by atoms with Crippen LogP contribution in [0.25, 0.3) is 0 Å². The standard InChI is InChI=1S/C7H12N2O/c1-6(5-10-8)7-3-2-4-9-7/h2-4,6,9H,5,8H2,1H3. The minimum atomic E-state index is 0.347. The molecule has 0 aromatic carbocycles. The topological polar surface area (TPSA) is 51.0 Å². The Balaban J connectivity index is 2.50. The predicted octanol–water partition coefficient (Wildman–Crippen LogP) is 1.01. The Morgan fingerprint density at radius 1 is 1.80 bits per heavy atom. The summed E-state index contributed by atoms with van der Waals surface area (Å²) in [5.74, 6) is 5.27. The van der Waals surface area contributed by atoms with Gasteiger partial charge in [-0.15, -0.1) is 0 Å². The van der Waals surface area contributed by atoms with Crippen LogP contribution >= 0.6 is 0 Å². The molecule has 3 nitrogen and oxygen atoms in total. The van der Waals surface area contributed by atoms with Crippen molar-refractivity contribution in [3.05, 3.63) is 24.0 Å². The largest absolute Gasteiger partial charge is 0.365 e. The minimum absolute atomic E-state index is 0.347. The summed E-state index contributed by atoms with van der Waals surface area (Å²) < 4.78 is 0. The van der Waals surface area contributed by atoms with Crippen molar-refractivity contribution in [3.8, 4) is 0 Å². The first kappa shape index (κ1) is 7.31. The second kappa shape index (κ2) is 3.39. The molecular weight excluding hydrogens is 128 g/mol. The molecule has 1 unspecified atom stereocenters. The van der Waals surface area contributed by atoms with Crippen LogP contribution in [0, 0.1) is 0 Å². The molecule has 0 aliphatic heterocycles. The van der Waals surface area contributed by atoms with Crippen LogP contribution in [0.1, 0.15) is 18.5 Å². The number of hydrogen-bond donors (Lipinski definition) is 2. The van der Waals surface area contributed by atoms with Crippen LogP contribution in [0.2, 0.25) is 0 Å². The van der Waals surface area contributed by atoms with Gasteiger partial charge >= 0.3 is 0 Å². The second-order valence-electron chi connectivity index (χ2n) is 2.36. The van der Waals surface area contributed by atoms with E-state index in [1.807, 2.05) is 18.3 Å². The van der Waals surface area contributed by atoms with Crippen LogP contribution < -0.4 is 5.90 Å². The molecule has 0 saturated heterocycles. The van der Waals surface area contributed by atoms with Crippen molar-refractivity contribution in [1.82, 2.24) is 4.98 Å². The van der Waals surface area contributed by atoms with Gasteiger partial charge in [-0.1, -0.05) is 6.92 Å². The maximum Gasteiger partial charge on any atom is 0.0759 e. The molecule has 1 atom stereocenters. The Bertz CT molecular complexity index is 172. The summed E-state index contributed by atoms with van der Waals surface area (Å²) in [5.41, 5.74) is 1.16. The number of nitrogens with two attached hydrogens (primary N) is 1. The zero-order valence-electron chi connectivity index (χ0n) is 6.00. The third-order valence-corrected chi connectivity index (χ3v) is 1.50. The lowest BCUT2D eigenvalue weighted by Gasteiger charge is -2.05. The molecule has 1 aromatic rings. The molecule has 0 bridgehead atoms. The predicted molar refractivity (Wildman–Crippen MR) is 39.3 cm³/mol. The summed E-state index contributed by atoms with van der Waals surface area (Å²) >= 11 is 0. The number of H-pyrrole nitrogens is 1. The van der Waals surface area contributed by atoms with E-state index in [4.69, 9.17) is 5.90 Å². The molecule has 56 valence electrons. The molecule has 3 heteroatoms. The van der Waals surface area contributed by atoms with E-state index in [1.165, 1.54) is 0 Å². The first-order valence-electron chi connectivity index (χ1n) is 3.29. The van der Waals surface area contributed by atoms with Gasteiger partial charge in [0.25, 0.3) is 0 Å². The van der Waals surface area contributed by atoms with Gasteiger partial charge in [-0.3, -0.25) is 0 Å². The van der Waals surface area contributed by atoms with Crippen LogP contribution in [-0.4, -0.2) is 11.6 Å². The maximum atomic E-state index is 4.92. The fraction of sp³-hybridized carbons (Fsp3) is 0.429. The fourth-order valence-electron chi connectivity index (χ4n) is 0.885. The van der Waals surface area contributed by atoms with Gasteiger partial charge in [-0.05, 0) is 12.1 Å². The Labute approximate surface area is 60.1 Å². The summed E-state index contributed by atoms with van der Waals surface area (Å²) in [6.07, 6.45) is 1.89. The Hall–Kier alpha value is -0.800. The normalized spacial score (nSPS) is 13.4. The zero-order valence-corrected chi connectivity index (χ0v) is 6.00. The van der Waals surface area contributed by atoms with Crippen LogP contribution in [0.5, 0.6) is 0 Å². The SMILES string of the molecule is CC(CON)c1ccc[nH]1. The highest BCUT2D eigenvalue weighted by Gasteiger charge is 2.03. The average Bonchev–Trinajstić information content (AvgIpc) is 2.38. The monoisotopic (exact) mass is 140 g/mol. The molecule has 10 heavy (non-hydrogen) atoms. The summed E-state index contributed by atoms with van der Waals surface area (Å²) in [4.78, 5) is 7.59. The summed E-state index contributed by atoms with van der Waals surface area (Å²) in [6.45, 7) is 2.61. The highest BCUT2D eigenvalue weighted by atomic mass is 16.6. The van der Waals surface area contributed by atoms with Gasteiger partial charge in [0.15, 0.2) is 0 Å². The van der Waals surface area contributed by atoms with Crippen molar-refractivity contribution in [3.63, 3.8) is 0 Å². The molecule has 0 radical (unpaired) electrons. The quantitative estimate of drug-likeness (QED) is 0.615. The van der Waals surface area contributed by atoms with Crippen molar-refractivity contribution < 1.29 is 4.84 Å². The van der Waals surface area contributed by atoms with Gasteiger partial charge in [0.1, 0.15) is 0 Å². The van der Waals surface area contributed by atoms with Crippen LogP contribution in [-0.2, 0) is 4.84 Å². The third kappa shape index (κ3) is 1.59. The molecule has 0 amide bonds. The van der Waals surface area contributed by atoms with Crippen molar-refractivity contribution in [2.75, 3.05) is 6.61 Å². The van der Waals surface area contributed by atoms with E-state index in [0.717, 1.165) is 5.69 Å². The van der Waals surface area contributed by atoms with Gasteiger partial charge in [0.2, 0.25) is 0 Å². The molecule has 0 spiro atoms. The van der Waals surface area contributed by atoms with E-state index in [0.29, 0.717) is 12.5 Å². The third-order valence-electron chi connectivity index (χ3n) is 1.50. The first-order chi connectivity index (χ1) is 4.84. The lowest BCUT2D eigenvalue weighted by molar-refractivity contribution is 0.126. The smallest absolute Gasteiger partial charge is 0.0759 e. The van der Waals surface area contributed by atoms with Crippen LogP contribution in [0.3, 0.4) is 0 Å². The summed E-state index contributed by atoms with van der Waals surface area (Å²) in [7, 11) is 0.